The summed E-state index contributed by atoms with van der Waals surface area (Å²) in [6.45, 7) is 6.50. The van der Waals surface area contributed by atoms with Crippen molar-refractivity contribution < 1.29 is 9.18 Å². The maximum atomic E-state index is 13.4. The maximum Gasteiger partial charge on any atom is 0.276 e. The van der Waals surface area contributed by atoms with Gasteiger partial charge in [-0.05, 0) is 100 Å². The Morgan fingerprint density at radius 1 is 1.08 bits per heavy atom. The first-order chi connectivity index (χ1) is 17.2. The number of carbonyl (C=O) groups is 1. The number of amides is 1. The van der Waals surface area contributed by atoms with Crippen LogP contribution in [-0.4, -0.2) is 26.3 Å². The van der Waals surface area contributed by atoms with Crippen molar-refractivity contribution in [2.45, 2.75) is 78.4 Å². The van der Waals surface area contributed by atoms with Crippen LogP contribution in [0.25, 0.3) is 10.8 Å². The minimum atomic E-state index is -0.271. The van der Waals surface area contributed by atoms with Crippen LogP contribution in [-0.2, 0) is 17.9 Å². The molecule has 2 aromatic heterocycles. The van der Waals surface area contributed by atoms with Crippen molar-refractivity contribution in [2.24, 2.45) is 23.2 Å². The van der Waals surface area contributed by atoms with Gasteiger partial charge in [0, 0.05) is 29.4 Å². The zero-order chi connectivity index (χ0) is 25.2. The first kappa shape index (κ1) is 23.4. The van der Waals surface area contributed by atoms with E-state index in [1.54, 1.807) is 18.3 Å². The average molecular weight is 491 g/mol. The van der Waals surface area contributed by atoms with E-state index in [0.29, 0.717) is 11.9 Å². The molecule has 6 nitrogen and oxygen atoms in total. The fourth-order valence-corrected chi connectivity index (χ4v) is 8.05. The van der Waals surface area contributed by atoms with E-state index in [9.17, 15) is 14.0 Å². The summed E-state index contributed by atoms with van der Waals surface area (Å²) >= 11 is 0. The smallest absolute Gasteiger partial charge is 0.276 e. The van der Waals surface area contributed by atoms with Gasteiger partial charge in [0.2, 0.25) is 5.91 Å². The van der Waals surface area contributed by atoms with Crippen molar-refractivity contribution in [3.63, 3.8) is 0 Å². The monoisotopic (exact) mass is 490 g/mol. The molecule has 0 aliphatic heterocycles. The van der Waals surface area contributed by atoms with Crippen LogP contribution in [0.2, 0.25) is 0 Å². The number of carbonyl (C=O) groups excluding carboxylic acids is 1. The molecule has 4 bridgehead atoms. The van der Waals surface area contributed by atoms with Gasteiger partial charge < -0.3 is 9.88 Å². The molecule has 2 heterocycles. The van der Waals surface area contributed by atoms with Crippen LogP contribution >= 0.6 is 0 Å². The molecule has 1 amide bonds. The summed E-state index contributed by atoms with van der Waals surface area (Å²) in [4.78, 5) is 26.5. The van der Waals surface area contributed by atoms with E-state index in [0.717, 1.165) is 40.1 Å². The lowest BCUT2D eigenvalue weighted by Crippen LogP contribution is -2.56. The standard InChI is InChI=1S/C29H35FN4O2/c1-17-25-14-31-34(28(36)27(25)18(2)33(17)15-20-4-6-24(30)7-5-20)16-26(35)32-19(3)29-11-21-8-22(12-29)10-23(9-21)13-29/h4-7,14,19,21-23H,8-13,15-16H2,1-3H3,(H,32,35)/t19-,21?,22?,23?,29?/m0/s1. The molecule has 0 spiro atoms. The fourth-order valence-electron chi connectivity index (χ4n) is 8.05. The van der Waals surface area contributed by atoms with Crippen molar-refractivity contribution in [3.8, 4) is 0 Å². The molecule has 1 atom stereocenters. The Morgan fingerprint density at radius 3 is 2.31 bits per heavy atom. The van der Waals surface area contributed by atoms with Gasteiger partial charge in [0.25, 0.3) is 5.56 Å². The highest BCUT2D eigenvalue weighted by Gasteiger charge is 2.53. The van der Waals surface area contributed by atoms with Crippen molar-refractivity contribution in [2.75, 3.05) is 0 Å². The number of rotatable bonds is 6. The zero-order valence-corrected chi connectivity index (χ0v) is 21.4. The SMILES string of the molecule is Cc1c2cnn(CC(=O)N[C@@H](C)C34CC5CC(CC(C5)C3)C4)c(=O)c2c(C)n1Cc1ccc(F)cc1. The quantitative estimate of drug-likeness (QED) is 0.544. The second kappa shape index (κ2) is 8.56. The lowest BCUT2D eigenvalue weighted by molar-refractivity contribution is -0.126. The van der Waals surface area contributed by atoms with Crippen LogP contribution in [0.15, 0.2) is 35.3 Å². The molecule has 0 radical (unpaired) electrons. The van der Waals surface area contributed by atoms with Crippen LogP contribution in [0.1, 0.15) is 62.4 Å². The summed E-state index contributed by atoms with van der Waals surface area (Å²) in [6.07, 6.45) is 9.49. The predicted octanol–water partition coefficient (Wildman–Crippen LogP) is 4.72. The molecule has 190 valence electrons. The largest absolute Gasteiger partial charge is 0.351 e. The van der Waals surface area contributed by atoms with E-state index in [-0.39, 0.29) is 35.3 Å². The Labute approximate surface area is 210 Å². The number of aryl methyl sites for hydroxylation is 2. The number of halogens is 1. The van der Waals surface area contributed by atoms with Gasteiger partial charge in [-0.25, -0.2) is 9.07 Å². The third kappa shape index (κ3) is 3.87. The molecule has 36 heavy (non-hydrogen) atoms. The molecule has 3 aromatic rings. The molecule has 7 heteroatoms. The predicted molar refractivity (Wildman–Crippen MR) is 137 cm³/mol. The number of aromatic nitrogens is 3. The number of fused-ring (bicyclic) bond motifs is 1. The van der Waals surface area contributed by atoms with Crippen LogP contribution < -0.4 is 10.9 Å². The van der Waals surface area contributed by atoms with Crippen LogP contribution in [0, 0.1) is 42.8 Å². The summed E-state index contributed by atoms with van der Waals surface area (Å²) < 4.78 is 16.7. The van der Waals surface area contributed by atoms with Crippen LogP contribution in [0.3, 0.4) is 0 Å². The Morgan fingerprint density at radius 2 is 1.69 bits per heavy atom. The average Bonchev–Trinajstić information content (AvgIpc) is 3.06. The summed E-state index contributed by atoms with van der Waals surface area (Å²) in [6, 6.07) is 6.51. The lowest BCUT2D eigenvalue weighted by atomic mass is 9.48. The Kier molecular flexibility index (Phi) is 5.58. The van der Waals surface area contributed by atoms with Gasteiger partial charge in [-0.2, -0.15) is 5.10 Å². The summed E-state index contributed by atoms with van der Waals surface area (Å²) in [5, 5.41) is 8.99. The number of nitrogens with zero attached hydrogens (tertiary/aromatic N) is 3. The number of nitrogens with one attached hydrogen (secondary N) is 1. The number of hydrogen-bond donors (Lipinski definition) is 1. The summed E-state index contributed by atoms with van der Waals surface area (Å²) in [7, 11) is 0. The highest BCUT2D eigenvalue weighted by Crippen LogP contribution is 2.61. The minimum Gasteiger partial charge on any atom is -0.351 e. The van der Waals surface area contributed by atoms with Gasteiger partial charge in [-0.3, -0.25) is 9.59 Å². The van der Waals surface area contributed by atoms with Gasteiger partial charge in [-0.1, -0.05) is 12.1 Å². The van der Waals surface area contributed by atoms with Crippen LogP contribution in [0.4, 0.5) is 4.39 Å². The molecule has 4 fully saturated rings. The van der Waals surface area contributed by atoms with E-state index in [1.807, 2.05) is 13.8 Å². The van der Waals surface area contributed by atoms with E-state index < -0.39 is 0 Å². The normalized spacial score (nSPS) is 27.5. The van der Waals surface area contributed by atoms with Gasteiger partial charge in [0.1, 0.15) is 12.4 Å². The van der Waals surface area contributed by atoms with E-state index in [2.05, 4.69) is 21.9 Å². The molecule has 1 aromatic carbocycles. The molecule has 4 saturated carbocycles. The second-order valence-electron chi connectivity index (χ2n) is 11.8. The van der Waals surface area contributed by atoms with Crippen molar-refractivity contribution in [1.82, 2.24) is 19.7 Å². The van der Waals surface area contributed by atoms with Gasteiger partial charge in [-0.15, -0.1) is 0 Å². The third-order valence-electron chi connectivity index (χ3n) is 9.53. The van der Waals surface area contributed by atoms with Gasteiger partial charge in [0.15, 0.2) is 0 Å². The van der Waals surface area contributed by atoms with Crippen molar-refractivity contribution >= 4 is 16.7 Å². The van der Waals surface area contributed by atoms with Crippen LogP contribution in [0.5, 0.6) is 0 Å². The Hall–Kier alpha value is -2.96. The molecule has 0 saturated heterocycles. The summed E-state index contributed by atoms with van der Waals surface area (Å²) in [5.74, 6) is 2.06. The molecular formula is C29H35FN4O2. The zero-order valence-electron chi connectivity index (χ0n) is 21.4. The molecule has 0 unspecified atom stereocenters. The molecule has 4 aliphatic carbocycles. The highest BCUT2D eigenvalue weighted by atomic mass is 19.1. The fraction of sp³-hybridized carbons (Fsp3) is 0.552. The molecule has 1 N–H and O–H groups in total. The first-order valence-corrected chi connectivity index (χ1v) is 13.3. The van der Waals surface area contributed by atoms with Crippen molar-refractivity contribution in [1.29, 1.82) is 0 Å². The van der Waals surface area contributed by atoms with E-state index in [1.165, 1.54) is 55.3 Å². The molecular weight excluding hydrogens is 455 g/mol. The third-order valence-corrected chi connectivity index (χ3v) is 9.53. The van der Waals surface area contributed by atoms with E-state index in [4.69, 9.17) is 0 Å². The topological polar surface area (TPSA) is 68.9 Å². The Bertz CT molecular complexity index is 1350. The van der Waals surface area contributed by atoms with Crippen molar-refractivity contribution in [3.05, 3.63) is 63.6 Å². The molecule has 4 aliphatic rings. The van der Waals surface area contributed by atoms with Gasteiger partial charge >= 0.3 is 0 Å². The van der Waals surface area contributed by atoms with Gasteiger partial charge in [0.05, 0.1) is 11.6 Å². The second-order valence-corrected chi connectivity index (χ2v) is 11.8. The van der Waals surface area contributed by atoms with E-state index >= 15 is 0 Å². The maximum absolute atomic E-state index is 13.4. The minimum absolute atomic E-state index is 0.0763. The number of hydrogen-bond acceptors (Lipinski definition) is 3. The highest BCUT2D eigenvalue weighted by molar-refractivity contribution is 5.87. The first-order valence-electron chi connectivity index (χ1n) is 13.3. The lowest BCUT2D eigenvalue weighted by Gasteiger charge is -2.59. The summed E-state index contributed by atoms with van der Waals surface area (Å²) in [5.41, 5.74) is 2.69. The Balaban J connectivity index is 1.21. The molecule has 7 rings (SSSR count). The number of benzene rings is 1.